The van der Waals surface area contributed by atoms with E-state index in [2.05, 4.69) is 27.7 Å². The zero-order valence-corrected chi connectivity index (χ0v) is 12.3. The van der Waals surface area contributed by atoms with E-state index in [1.807, 2.05) is 24.3 Å². The Morgan fingerprint density at radius 1 is 1.06 bits per heavy atom. The second kappa shape index (κ2) is 4.75. The van der Waals surface area contributed by atoms with Crippen molar-refractivity contribution in [2.75, 3.05) is 0 Å². The Kier molecular flexibility index (Phi) is 3.61. The van der Waals surface area contributed by atoms with Crippen LogP contribution in [-0.4, -0.2) is 17.3 Å². The van der Waals surface area contributed by atoms with Crippen LogP contribution in [0, 0.1) is 0 Å². The highest BCUT2D eigenvalue weighted by Gasteiger charge is 2.40. The third-order valence-electron chi connectivity index (χ3n) is 3.11. The monoisotopic (exact) mass is 268 g/mol. The van der Waals surface area contributed by atoms with Crippen molar-refractivity contribution in [3.63, 3.8) is 0 Å². The summed E-state index contributed by atoms with van der Waals surface area (Å²) in [5.74, 6) is 0.873. The molecule has 0 saturated carbocycles. The van der Waals surface area contributed by atoms with E-state index in [-0.39, 0.29) is 17.3 Å². The molecule has 1 heterocycles. The average Bonchev–Trinajstić information content (AvgIpc) is 2.16. The summed E-state index contributed by atoms with van der Waals surface area (Å²) in [6, 6.07) is 7.54. The van der Waals surface area contributed by atoms with Gasteiger partial charge in [0.2, 0.25) is 0 Å². The van der Waals surface area contributed by atoms with Gasteiger partial charge >= 0.3 is 0 Å². The van der Waals surface area contributed by atoms with Crippen molar-refractivity contribution in [3.05, 3.63) is 29.3 Å². The standard InChI is InChI=1S/C15H21ClO2/c1-14(2)9-13(10-15(3,4)18-14)17-12-7-5-11(16)6-8-12/h5-8,13H,9-10H2,1-4H3. The van der Waals surface area contributed by atoms with Gasteiger partial charge in [-0.1, -0.05) is 11.6 Å². The molecule has 1 aliphatic heterocycles. The Labute approximate surface area is 114 Å². The molecule has 1 aliphatic rings. The first-order chi connectivity index (χ1) is 8.26. The van der Waals surface area contributed by atoms with Crippen molar-refractivity contribution in [2.24, 2.45) is 0 Å². The van der Waals surface area contributed by atoms with Gasteiger partial charge in [-0.05, 0) is 52.0 Å². The zero-order chi connectivity index (χ0) is 13.4. The lowest BCUT2D eigenvalue weighted by Crippen LogP contribution is -2.49. The van der Waals surface area contributed by atoms with Gasteiger partial charge in [0.25, 0.3) is 0 Å². The third-order valence-corrected chi connectivity index (χ3v) is 3.36. The van der Waals surface area contributed by atoms with Crippen LogP contribution in [0.5, 0.6) is 5.75 Å². The van der Waals surface area contributed by atoms with E-state index in [9.17, 15) is 0 Å². The van der Waals surface area contributed by atoms with Gasteiger partial charge in [0, 0.05) is 17.9 Å². The quantitative estimate of drug-likeness (QED) is 0.789. The second-order valence-corrected chi connectivity index (χ2v) is 6.66. The molecule has 0 amide bonds. The van der Waals surface area contributed by atoms with Crippen LogP contribution in [0.25, 0.3) is 0 Å². The highest BCUT2D eigenvalue weighted by atomic mass is 35.5. The largest absolute Gasteiger partial charge is 0.490 e. The van der Waals surface area contributed by atoms with Crippen molar-refractivity contribution in [1.82, 2.24) is 0 Å². The van der Waals surface area contributed by atoms with Gasteiger partial charge in [-0.2, -0.15) is 0 Å². The lowest BCUT2D eigenvalue weighted by molar-refractivity contribution is -0.182. The smallest absolute Gasteiger partial charge is 0.119 e. The fourth-order valence-corrected chi connectivity index (χ4v) is 2.91. The zero-order valence-electron chi connectivity index (χ0n) is 11.5. The van der Waals surface area contributed by atoms with E-state index in [0.29, 0.717) is 0 Å². The third kappa shape index (κ3) is 3.63. The van der Waals surface area contributed by atoms with Gasteiger partial charge < -0.3 is 9.47 Å². The van der Waals surface area contributed by atoms with Crippen LogP contribution in [0.15, 0.2) is 24.3 Å². The molecule has 1 saturated heterocycles. The Morgan fingerprint density at radius 3 is 2.06 bits per heavy atom. The fourth-order valence-electron chi connectivity index (χ4n) is 2.79. The molecule has 0 aromatic heterocycles. The summed E-state index contributed by atoms with van der Waals surface area (Å²) in [6.07, 6.45) is 1.99. The molecule has 0 atom stereocenters. The predicted molar refractivity (Wildman–Crippen MR) is 74.3 cm³/mol. The first kappa shape index (κ1) is 13.7. The highest BCUT2D eigenvalue weighted by molar-refractivity contribution is 6.30. The number of ether oxygens (including phenoxy) is 2. The Hall–Kier alpha value is -0.730. The van der Waals surface area contributed by atoms with Gasteiger partial charge in [0.15, 0.2) is 0 Å². The van der Waals surface area contributed by atoms with Crippen molar-refractivity contribution >= 4 is 11.6 Å². The molecule has 1 fully saturated rings. The Morgan fingerprint density at radius 2 is 1.56 bits per heavy atom. The van der Waals surface area contributed by atoms with Gasteiger partial charge in [-0.3, -0.25) is 0 Å². The van der Waals surface area contributed by atoms with Gasteiger partial charge in [-0.15, -0.1) is 0 Å². The molecule has 1 aromatic rings. The number of rotatable bonds is 2. The first-order valence-electron chi connectivity index (χ1n) is 6.38. The minimum atomic E-state index is -0.140. The van der Waals surface area contributed by atoms with Crippen molar-refractivity contribution in [2.45, 2.75) is 57.8 Å². The first-order valence-corrected chi connectivity index (χ1v) is 6.76. The molecule has 1 aromatic carbocycles. The summed E-state index contributed by atoms with van der Waals surface area (Å²) < 4.78 is 12.1. The summed E-state index contributed by atoms with van der Waals surface area (Å²) in [6.45, 7) is 8.47. The van der Waals surface area contributed by atoms with E-state index in [1.165, 1.54) is 0 Å². The Balaban J connectivity index is 2.07. The van der Waals surface area contributed by atoms with E-state index < -0.39 is 0 Å². The van der Waals surface area contributed by atoms with E-state index in [0.717, 1.165) is 23.6 Å². The summed E-state index contributed by atoms with van der Waals surface area (Å²) >= 11 is 5.87. The fraction of sp³-hybridized carbons (Fsp3) is 0.600. The second-order valence-electron chi connectivity index (χ2n) is 6.22. The highest BCUT2D eigenvalue weighted by Crippen LogP contribution is 2.36. The van der Waals surface area contributed by atoms with Gasteiger partial charge in [0.1, 0.15) is 11.9 Å². The van der Waals surface area contributed by atoms with Crippen LogP contribution in [0.3, 0.4) is 0 Å². The topological polar surface area (TPSA) is 18.5 Å². The average molecular weight is 269 g/mol. The van der Waals surface area contributed by atoms with Crippen LogP contribution < -0.4 is 4.74 Å². The molecular formula is C15H21ClO2. The Bertz CT molecular complexity index is 393. The molecule has 0 unspecified atom stereocenters. The van der Waals surface area contributed by atoms with Gasteiger partial charge in [-0.25, -0.2) is 0 Å². The number of hydrogen-bond donors (Lipinski definition) is 0. The molecule has 100 valence electrons. The molecule has 0 bridgehead atoms. The van der Waals surface area contributed by atoms with E-state index in [4.69, 9.17) is 21.1 Å². The maximum Gasteiger partial charge on any atom is 0.119 e. The number of halogens is 1. The number of hydrogen-bond acceptors (Lipinski definition) is 2. The van der Waals surface area contributed by atoms with Crippen LogP contribution in [0.4, 0.5) is 0 Å². The summed E-state index contributed by atoms with van der Waals surface area (Å²) in [5.41, 5.74) is -0.280. The molecule has 2 rings (SSSR count). The number of benzene rings is 1. The molecule has 0 aliphatic carbocycles. The summed E-state index contributed by atoms with van der Waals surface area (Å²) in [7, 11) is 0. The van der Waals surface area contributed by atoms with Crippen molar-refractivity contribution in [1.29, 1.82) is 0 Å². The van der Waals surface area contributed by atoms with Crippen LogP contribution in [0.2, 0.25) is 5.02 Å². The van der Waals surface area contributed by atoms with Crippen LogP contribution >= 0.6 is 11.6 Å². The summed E-state index contributed by atoms with van der Waals surface area (Å²) in [5, 5.41) is 0.731. The molecule has 2 nitrogen and oxygen atoms in total. The summed E-state index contributed by atoms with van der Waals surface area (Å²) in [4.78, 5) is 0. The molecule has 0 spiro atoms. The molecule has 0 N–H and O–H groups in total. The van der Waals surface area contributed by atoms with Crippen LogP contribution in [-0.2, 0) is 4.74 Å². The normalized spacial score (nSPS) is 22.7. The predicted octanol–water partition coefficient (Wildman–Crippen LogP) is 4.46. The molecule has 3 heteroatoms. The minimum absolute atomic E-state index is 0.140. The lowest BCUT2D eigenvalue weighted by Gasteiger charge is -2.45. The molecule has 0 radical (unpaired) electrons. The van der Waals surface area contributed by atoms with E-state index in [1.54, 1.807) is 0 Å². The van der Waals surface area contributed by atoms with Crippen molar-refractivity contribution in [3.8, 4) is 5.75 Å². The maximum absolute atomic E-state index is 6.05. The SMILES string of the molecule is CC1(C)CC(Oc2ccc(Cl)cc2)CC(C)(C)O1. The van der Waals surface area contributed by atoms with Crippen LogP contribution in [0.1, 0.15) is 40.5 Å². The molecule has 18 heavy (non-hydrogen) atoms. The van der Waals surface area contributed by atoms with Crippen molar-refractivity contribution < 1.29 is 9.47 Å². The maximum atomic E-state index is 6.05. The minimum Gasteiger partial charge on any atom is -0.490 e. The van der Waals surface area contributed by atoms with E-state index >= 15 is 0 Å². The molecular weight excluding hydrogens is 248 g/mol. The lowest BCUT2D eigenvalue weighted by atomic mass is 9.87. The van der Waals surface area contributed by atoms with Gasteiger partial charge in [0.05, 0.1) is 11.2 Å².